The van der Waals surface area contributed by atoms with Crippen molar-refractivity contribution < 1.29 is 0 Å². The Hall–Kier alpha value is -1.28. The molecule has 0 aromatic heterocycles. The zero-order valence-corrected chi connectivity index (χ0v) is 14.0. The van der Waals surface area contributed by atoms with Crippen molar-refractivity contribution in [3.05, 3.63) is 63.6 Å². The fraction of sp³-hybridized carbons (Fsp3) is 0.333. The molecule has 20 heavy (non-hydrogen) atoms. The number of aryl methyl sites for hydroxylation is 3. The highest BCUT2D eigenvalue weighted by molar-refractivity contribution is 9.10. The standard InChI is InChI=1S/C18H22BrN/c1-13-11-14(2)18(17(19)12-13)20-15(3)9-10-16-7-5-4-6-8-16/h4-8,11-12,15,20H,9-10H2,1-3H3. The summed E-state index contributed by atoms with van der Waals surface area (Å²) in [6, 6.07) is 15.5. The minimum Gasteiger partial charge on any atom is -0.381 e. The predicted molar refractivity (Wildman–Crippen MR) is 91.5 cm³/mol. The molecule has 0 saturated heterocycles. The lowest BCUT2D eigenvalue weighted by atomic mass is 10.0. The van der Waals surface area contributed by atoms with Gasteiger partial charge in [-0.25, -0.2) is 0 Å². The largest absolute Gasteiger partial charge is 0.381 e. The van der Waals surface area contributed by atoms with E-state index in [0.717, 1.165) is 17.3 Å². The molecule has 106 valence electrons. The average molecular weight is 332 g/mol. The second-order valence-electron chi connectivity index (χ2n) is 5.51. The van der Waals surface area contributed by atoms with Crippen molar-refractivity contribution >= 4 is 21.6 Å². The normalized spacial score (nSPS) is 12.2. The van der Waals surface area contributed by atoms with Gasteiger partial charge >= 0.3 is 0 Å². The predicted octanol–water partition coefficient (Wildman–Crippen LogP) is 5.50. The van der Waals surface area contributed by atoms with Crippen LogP contribution in [0.3, 0.4) is 0 Å². The number of hydrogen-bond donors (Lipinski definition) is 1. The van der Waals surface area contributed by atoms with E-state index in [4.69, 9.17) is 0 Å². The molecular weight excluding hydrogens is 310 g/mol. The number of benzene rings is 2. The molecule has 0 saturated carbocycles. The van der Waals surface area contributed by atoms with Gasteiger partial charge in [0.25, 0.3) is 0 Å². The molecular formula is C18H22BrN. The zero-order valence-electron chi connectivity index (χ0n) is 12.4. The number of rotatable bonds is 5. The highest BCUT2D eigenvalue weighted by Gasteiger charge is 2.08. The van der Waals surface area contributed by atoms with Crippen LogP contribution < -0.4 is 5.32 Å². The maximum atomic E-state index is 3.66. The lowest BCUT2D eigenvalue weighted by Gasteiger charge is -2.19. The van der Waals surface area contributed by atoms with Crippen molar-refractivity contribution in [1.82, 2.24) is 0 Å². The fourth-order valence-electron chi connectivity index (χ4n) is 2.44. The van der Waals surface area contributed by atoms with Gasteiger partial charge in [0.15, 0.2) is 0 Å². The van der Waals surface area contributed by atoms with Crippen LogP contribution in [0.1, 0.15) is 30.0 Å². The third-order valence-corrected chi connectivity index (χ3v) is 4.16. The van der Waals surface area contributed by atoms with Crippen LogP contribution in [0.25, 0.3) is 0 Å². The summed E-state index contributed by atoms with van der Waals surface area (Å²) < 4.78 is 1.15. The maximum Gasteiger partial charge on any atom is 0.0516 e. The Morgan fingerprint density at radius 1 is 1.10 bits per heavy atom. The molecule has 0 radical (unpaired) electrons. The Bertz CT molecular complexity index is 540. The molecule has 0 aliphatic heterocycles. The van der Waals surface area contributed by atoms with Crippen LogP contribution in [-0.4, -0.2) is 6.04 Å². The molecule has 2 heteroatoms. The van der Waals surface area contributed by atoms with E-state index in [2.05, 4.69) is 84.5 Å². The molecule has 1 N–H and O–H groups in total. The SMILES string of the molecule is Cc1cc(C)c(NC(C)CCc2ccccc2)c(Br)c1. The topological polar surface area (TPSA) is 12.0 Å². The minimum atomic E-state index is 0.452. The monoisotopic (exact) mass is 331 g/mol. The van der Waals surface area contributed by atoms with Crippen molar-refractivity contribution in [2.24, 2.45) is 0 Å². The van der Waals surface area contributed by atoms with Gasteiger partial charge < -0.3 is 5.32 Å². The van der Waals surface area contributed by atoms with Gasteiger partial charge in [0, 0.05) is 10.5 Å². The summed E-state index contributed by atoms with van der Waals surface area (Å²) in [6.07, 6.45) is 2.24. The van der Waals surface area contributed by atoms with Gasteiger partial charge in [-0.1, -0.05) is 36.4 Å². The summed E-state index contributed by atoms with van der Waals surface area (Å²) >= 11 is 3.66. The summed E-state index contributed by atoms with van der Waals surface area (Å²) in [5.41, 5.74) is 5.21. The van der Waals surface area contributed by atoms with Gasteiger partial charge in [0.1, 0.15) is 0 Å². The van der Waals surface area contributed by atoms with E-state index in [9.17, 15) is 0 Å². The lowest BCUT2D eigenvalue weighted by molar-refractivity contribution is 0.705. The van der Waals surface area contributed by atoms with Crippen LogP contribution in [0.2, 0.25) is 0 Å². The molecule has 1 atom stereocenters. The second kappa shape index (κ2) is 6.94. The van der Waals surface area contributed by atoms with Crippen molar-refractivity contribution in [2.75, 3.05) is 5.32 Å². The Kier molecular flexibility index (Phi) is 5.24. The Balaban J connectivity index is 1.96. The summed E-state index contributed by atoms with van der Waals surface area (Å²) in [5, 5.41) is 3.63. The smallest absolute Gasteiger partial charge is 0.0516 e. The van der Waals surface area contributed by atoms with Gasteiger partial charge in [-0.15, -0.1) is 0 Å². The first-order valence-corrected chi connectivity index (χ1v) is 7.93. The van der Waals surface area contributed by atoms with Gasteiger partial charge in [0.2, 0.25) is 0 Å². The molecule has 1 nitrogen and oxygen atoms in total. The lowest BCUT2D eigenvalue weighted by Crippen LogP contribution is -2.17. The maximum absolute atomic E-state index is 3.66. The Labute approximate surface area is 130 Å². The van der Waals surface area contributed by atoms with E-state index in [0.29, 0.717) is 6.04 Å². The highest BCUT2D eigenvalue weighted by atomic mass is 79.9. The van der Waals surface area contributed by atoms with Gasteiger partial charge in [-0.3, -0.25) is 0 Å². The van der Waals surface area contributed by atoms with Crippen molar-refractivity contribution in [3.8, 4) is 0 Å². The van der Waals surface area contributed by atoms with Crippen molar-refractivity contribution in [1.29, 1.82) is 0 Å². The van der Waals surface area contributed by atoms with Crippen LogP contribution in [0.5, 0.6) is 0 Å². The van der Waals surface area contributed by atoms with E-state index >= 15 is 0 Å². The minimum absolute atomic E-state index is 0.452. The van der Waals surface area contributed by atoms with E-state index in [1.165, 1.54) is 22.4 Å². The number of nitrogens with one attached hydrogen (secondary N) is 1. The Morgan fingerprint density at radius 2 is 1.80 bits per heavy atom. The highest BCUT2D eigenvalue weighted by Crippen LogP contribution is 2.28. The zero-order chi connectivity index (χ0) is 14.5. The van der Waals surface area contributed by atoms with E-state index in [1.54, 1.807) is 0 Å². The molecule has 0 bridgehead atoms. The van der Waals surface area contributed by atoms with Gasteiger partial charge in [-0.05, 0) is 72.3 Å². The van der Waals surface area contributed by atoms with Crippen LogP contribution in [0, 0.1) is 13.8 Å². The Morgan fingerprint density at radius 3 is 2.45 bits per heavy atom. The number of hydrogen-bond acceptors (Lipinski definition) is 1. The van der Waals surface area contributed by atoms with Crippen molar-refractivity contribution in [3.63, 3.8) is 0 Å². The van der Waals surface area contributed by atoms with Crippen LogP contribution >= 0.6 is 15.9 Å². The first kappa shape index (κ1) is 15.1. The van der Waals surface area contributed by atoms with Gasteiger partial charge in [0.05, 0.1) is 5.69 Å². The third-order valence-electron chi connectivity index (χ3n) is 3.53. The molecule has 2 aromatic rings. The average Bonchev–Trinajstić information content (AvgIpc) is 2.42. The molecule has 1 unspecified atom stereocenters. The molecule has 2 aromatic carbocycles. The van der Waals surface area contributed by atoms with Crippen LogP contribution in [0.4, 0.5) is 5.69 Å². The number of halogens is 1. The van der Waals surface area contributed by atoms with E-state index in [-0.39, 0.29) is 0 Å². The van der Waals surface area contributed by atoms with E-state index < -0.39 is 0 Å². The molecule has 0 aliphatic carbocycles. The fourth-order valence-corrected chi connectivity index (χ4v) is 3.23. The molecule has 2 rings (SSSR count). The summed E-state index contributed by atoms with van der Waals surface area (Å²) in [7, 11) is 0. The first-order valence-electron chi connectivity index (χ1n) is 7.13. The summed E-state index contributed by atoms with van der Waals surface area (Å²) in [5.74, 6) is 0. The molecule has 0 fully saturated rings. The summed E-state index contributed by atoms with van der Waals surface area (Å²) in [6.45, 7) is 6.53. The summed E-state index contributed by atoms with van der Waals surface area (Å²) in [4.78, 5) is 0. The van der Waals surface area contributed by atoms with Gasteiger partial charge in [-0.2, -0.15) is 0 Å². The molecule has 0 aliphatic rings. The number of anilines is 1. The van der Waals surface area contributed by atoms with Crippen LogP contribution in [0.15, 0.2) is 46.9 Å². The van der Waals surface area contributed by atoms with Crippen LogP contribution in [-0.2, 0) is 6.42 Å². The third kappa shape index (κ3) is 4.11. The molecule has 0 heterocycles. The van der Waals surface area contributed by atoms with E-state index in [1.807, 2.05) is 0 Å². The second-order valence-corrected chi connectivity index (χ2v) is 6.36. The quantitative estimate of drug-likeness (QED) is 0.762. The molecule has 0 spiro atoms. The molecule has 0 amide bonds. The van der Waals surface area contributed by atoms with Crippen molar-refractivity contribution in [2.45, 2.75) is 39.7 Å². The first-order chi connectivity index (χ1) is 9.56.